The van der Waals surface area contributed by atoms with Crippen LogP contribution in [0.15, 0.2) is 72.8 Å². The number of benzene rings is 3. The van der Waals surface area contributed by atoms with Crippen LogP contribution in [0.1, 0.15) is 36.7 Å². The normalized spacial score (nSPS) is 12.9. The van der Waals surface area contributed by atoms with Crippen LogP contribution >= 0.6 is 11.6 Å². The summed E-state index contributed by atoms with van der Waals surface area (Å²) in [6.45, 7) is 4.52. The number of para-hydroxylation sites is 1. The van der Waals surface area contributed by atoms with Crippen molar-refractivity contribution in [3.05, 3.63) is 88.9 Å². The maximum absolute atomic E-state index is 13.3. The summed E-state index contributed by atoms with van der Waals surface area (Å²) < 4.78 is 0. The summed E-state index contributed by atoms with van der Waals surface area (Å²) in [6, 6.07) is 17.4. The van der Waals surface area contributed by atoms with Crippen LogP contribution in [0.5, 0.6) is 5.75 Å². The van der Waals surface area contributed by atoms with E-state index in [2.05, 4.69) is 31.6 Å². The molecule has 0 spiro atoms. The van der Waals surface area contributed by atoms with E-state index in [1.165, 1.54) is 30.0 Å². The van der Waals surface area contributed by atoms with Gasteiger partial charge in [0.1, 0.15) is 29.2 Å². The summed E-state index contributed by atoms with van der Waals surface area (Å²) in [4.78, 5) is 70.4. The first-order chi connectivity index (χ1) is 22.4. The number of nitrogens with one attached hydrogen (secondary N) is 4. The van der Waals surface area contributed by atoms with E-state index in [4.69, 9.17) is 22.2 Å². The Balaban J connectivity index is 1.38. The smallest absolute Gasteiger partial charge is 0.251 e. The molecule has 47 heavy (non-hydrogen) atoms. The fraction of sp³-hybridized carbons (Fsp3) is 0.281. The number of primary amides is 1. The second-order valence-corrected chi connectivity index (χ2v) is 11.5. The SMILES string of the molecule is CC(C)[C@H](NC(=O)c1ccc(On2nnc3ccccc32)c(Cl)c1)C(=O)N[C@@H](C)C(=O)N[C@@H](Cc1ccccc1)C(=O)NCC(N)=O. The van der Waals surface area contributed by atoms with Gasteiger partial charge in [0.15, 0.2) is 5.75 Å². The van der Waals surface area contributed by atoms with Crippen LogP contribution in [0.2, 0.25) is 5.02 Å². The highest BCUT2D eigenvalue weighted by Crippen LogP contribution is 2.26. The third-order valence-electron chi connectivity index (χ3n) is 7.04. The van der Waals surface area contributed by atoms with Crippen LogP contribution in [0, 0.1) is 5.92 Å². The highest BCUT2D eigenvalue weighted by atomic mass is 35.5. The molecule has 0 aliphatic heterocycles. The zero-order chi connectivity index (χ0) is 34.1. The zero-order valence-electron chi connectivity index (χ0n) is 25.9. The zero-order valence-corrected chi connectivity index (χ0v) is 26.7. The number of hydrogen-bond acceptors (Lipinski definition) is 8. The second kappa shape index (κ2) is 15.7. The van der Waals surface area contributed by atoms with Crippen LogP contribution < -0.4 is 31.8 Å². The van der Waals surface area contributed by atoms with Gasteiger partial charge >= 0.3 is 0 Å². The quantitative estimate of drug-likeness (QED) is 0.134. The molecule has 15 heteroatoms. The van der Waals surface area contributed by atoms with Crippen molar-refractivity contribution in [2.24, 2.45) is 11.7 Å². The Bertz CT molecular complexity index is 1760. The minimum Gasteiger partial charge on any atom is -0.368 e. The number of fused-ring (bicyclic) bond motifs is 1. The molecule has 3 atom stereocenters. The van der Waals surface area contributed by atoms with E-state index >= 15 is 0 Å². The third kappa shape index (κ3) is 9.26. The lowest BCUT2D eigenvalue weighted by Gasteiger charge is -2.25. The number of carbonyl (C=O) groups excluding carboxylic acids is 5. The van der Waals surface area contributed by atoms with Gasteiger partial charge in [0.2, 0.25) is 23.6 Å². The van der Waals surface area contributed by atoms with Crippen LogP contribution in [0.3, 0.4) is 0 Å². The minimum absolute atomic E-state index is 0.123. The van der Waals surface area contributed by atoms with Crippen molar-refractivity contribution >= 4 is 52.2 Å². The van der Waals surface area contributed by atoms with Gasteiger partial charge in [-0.2, -0.15) is 0 Å². The average molecular weight is 663 g/mol. The molecule has 4 aromatic rings. The van der Waals surface area contributed by atoms with E-state index in [0.29, 0.717) is 11.0 Å². The van der Waals surface area contributed by atoms with Crippen molar-refractivity contribution < 1.29 is 28.8 Å². The molecule has 14 nitrogen and oxygen atoms in total. The molecule has 5 amide bonds. The molecule has 3 aromatic carbocycles. The molecule has 0 fully saturated rings. The van der Waals surface area contributed by atoms with Crippen LogP contribution in [0.4, 0.5) is 0 Å². The molecule has 0 bridgehead atoms. The molecule has 4 rings (SSSR count). The van der Waals surface area contributed by atoms with Crippen LogP contribution in [-0.4, -0.2) is 69.4 Å². The molecule has 0 saturated carbocycles. The predicted molar refractivity (Wildman–Crippen MR) is 173 cm³/mol. The number of carbonyl (C=O) groups is 5. The number of aromatic nitrogens is 3. The molecule has 1 heterocycles. The van der Waals surface area contributed by atoms with E-state index in [9.17, 15) is 24.0 Å². The van der Waals surface area contributed by atoms with Gasteiger partial charge in [0.05, 0.1) is 11.6 Å². The molecule has 1 aromatic heterocycles. The highest BCUT2D eigenvalue weighted by Gasteiger charge is 2.29. The van der Waals surface area contributed by atoms with Crippen molar-refractivity contribution in [1.29, 1.82) is 0 Å². The van der Waals surface area contributed by atoms with Crippen molar-refractivity contribution in [1.82, 2.24) is 36.4 Å². The lowest BCUT2D eigenvalue weighted by Crippen LogP contribution is -2.57. The molecule has 6 N–H and O–H groups in total. The highest BCUT2D eigenvalue weighted by molar-refractivity contribution is 6.32. The molecular formula is C32H35ClN8O6. The summed E-state index contributed by atoms with van der Waals surface area (Å²) in [5.41, 5.74) is 7.32. The average Bonchev–Trinajstić information content (AvgIpc) is 3.45. The van der Waals surface area contributed by atoms with Gasteiger partial charge in [-0.05, 0) is 54.0 Å². The standard InChI is InChI=1S/C32H35ClN8O6/c1-18(2)28(38-30(44)21-13-14-26(22(33)16-21)47-41-25-12-8-7-11-23(25)39-40-41)32(46)36-19(3)29(43)37-24(31(45)35-17-27(34)42)15-20-9-5-4-6-10-20/h4-14,16,18-19,24,28H,15,17H2,1-3H3,(H2,34,42)(H,35,45)(H,36,46)(H,37,43)(H,38,44)/t19-,24-,28-/m0/s1. The summed E-state index contributed by atoms with van der Waals surface area (Å²) >= 11 is 6.42. The minimum atomic E-state index is -1.08. The lowest BCUT2D eigenvalue weighted by molar-refractivity contribution is -0.132. The summed E-state index contributed by atoms with van der Waals surface area (Å²) in [7, 11) is 0. The second-order valence-electron chi connectivity index (χ2n) is 11.0. The van der Waals surface area contributed by atoms with Crippen LogP contribution in [-0.2, 0) is 25.6 Å². The number of nitrogens with two attached hydrogens (primary N) is 1. The Hall–Kier alpha value is -5.50. The van der Waals surface area contributed by atoms with E-state index in [1.54, 1.807) is 50.2 Å². The lowest BCUT2D eigenvalue weighted by atomic mass is 10.0. The van der Waals surface area contributed by atoms with Gasteiger partial charge in [0.25, 0.3) is 5.91 Å². The number of hydrogen-bond donors (Lipinski definition) is 5. The van der Waals surface area contributed by atoms with Crippen molar-refractivity contribution in [2.45, 2.75) is 45.3 Å². The number of rotatable bonds is 14. The summed E-state index contributed by atoms with van der Waals surface area (Å²) in [6.07, 6.45) is 0.129. The molecule has 0 aliphatic carbocycles. The maximum atomic E-state index is 13.3. The maximum Gasteiger partial charge on any atom is 0.251 e. The van der Waals surface area contributed by atoms with Crippen molar-refractivity contribution in [3.63, 3.8) is 0 Å². The monoisotopic (exact) mass is 662 g/mol. The third-order valence-corrected chi connectivity index (χ3v) is 7.34. The Labute approximate surface area is 275 Å². The van der Waals surface area contributed by atoms with Crippen LogP contribution in [0.25, 0.3) is 11.0 Å². The van der Waals surface area contributed by atoms with E-state index in [1.807, 2.05) is 18.2 Å². The topological polar surface area (TPSA) is 199 Å². The van der Waals surface area contributed by atoms with Gasteiger partial charge in [-0.3, -0.25) is 24.0 Å². The summed E-state index contributed by atoms with van der Waals surface area (Å²) in [5, 5.41) is 18.4. The molecule has 246 valence electrons. The molecule has 0 aliphatic rings. The largest absolute Gasteiger partial charge is 0.368 e. The molecular weight excluding hydrogens is 628 g/mol. The Morgan fingerprint density at radius 1 is 0.872 bits per heavy atom. The Morgan fingerprint density at radius 3 is 2.26 bits per heavy atom. The van der Waals surface area contributed by atoms with Gasteiger partial charge < -0.3 is 31.8 Å². The fourth-order valence-electron chi connectivity index (χ4n) is 4.51. The van der Waals surface area contributed by atoms with Crippen molar-refractivity contribution in [3.8, 4) is 5.75 Å². The molecule has 0 radical (unpaired) electrons. The van der Waals surface area contributed by atoms with Gasteiger partial charge in [0, 0.05) is 12.0 Å². The number of nitrogens with zero attached hydrogens (tertiary/aromatic N) is 3. The van der Waals surface area contributed by atoms with E-state index in [0.717, 1.165) is 5.56 Å². The Kier molecular flexibility index (Phi) is 11.5. The van der Waals surface area contributed by atoms with Gasteiger partial charge in [-0.25, -0.2) is 0 Å². The molecule has 0 saturated heterocycles. The summed E-state index contributed by atoms with van der Waals surface area (Å²) in [5.74, 6) is -3.33. The first-order valence-electron chi connectivity index (χ1n) is 14.7. The van der Waals surface area contributed by atoms with Crippen molar-refractivity contribution in [2.75, 3.05) is 6.54 Å². The number of amides is 5. The molecule has 0 unspecified atom stereocenters. The number of halogens is 1. The van der Waals surface area contributed by atoms with E-state index < -0.39 is 54.2 Å². The first kappa shape index (κ1) is 34.4. The van der Waals surface area contributed by atoms with Gasteiger partial charge in [-0.15, -0.1) is 5.10 Å². The predicted octanol–water partition coefficient (Wildman–Crippen LogP) is 1.51. The van der Waals surface area contributed by atoms with Gasteiger partial charge in [-0.1, -0.05) is 72.8 Å². The first-order valence-corrected chi connectivity index (χ1v) is 15.1. The fourth-order valence-corrected chi connectivity index (χ4v) is 4.72. The Morgan fingerprint density at radius 2 is 1.57 bits per heavy atom. The van der Waals surface area contributed by atoms with E-state index in [-0.39, 0.29) is 28.7 Å².